The Hall–Kier alpha value is -1.63. The molecule has 3 atom stereocenters. The number of aliphatic carboxylic acids is 2. The number of carboxylic acid groups (broad SMARTS) is 2. The Kier molecular flexibility index (Phi) is 5.08. The van der Waals surface area contributed by atoms with Crippen LogP contribution in [-0.2, 0) is 19.1 Å². The van der Waals surface area contributed by atoms with Gasteiger partial charge in [-0.3, -0.25) is 9.59 Å². The lowest BCUT2D eigenvalue weighted by atomic mass is 10.0. The van der Waals surface area contributed by atoms with Gasteiger partial charge in [-0.15, -0.1) is 0 Å². The van der Waals surface area contributed by atoms with Gasteiger partial charge in [-0.25, -0.2) is 4.79 Å². The molecule has 7 nitrogen and oxygen atoms in total. The summed E-state index contributed by atoms with van der Waals surface area (Å²) in [5, 5.41) is 19.8. The largest absolute Gasteiger partial charge is 0.481 e. The predicted molar refractivity (Wildman–Crippen MR) is 60.0 cm³/mol. The van der Waals surface area contributed by atoms with Crippen molar-refractivity contribution in [3.63, 3.8) is 0 Å². The third kappa shape index (κ3) is 3.99. The van der Waals surface area contributed by atoms with E-state index in [0.29, 0.717) is 13.0 Å². The zero-order chi connectivity index (χ0) is 13.7. The van der Waals surface area contributed by atoms with Gasteiger partial charge in [0.25, 0.3) is 0 Å². The van der Waals surface area contributed by atoms with Gasteiger partial charge in [-0.2, -0.15) is 0 Å². The second-order valence-electron chi connectivity index (χ2n) is 4.30. The van der Waals surface area contributed by atoms with Crippen LogP contribution in [0.4, 0.5) is 0 Å². The molecule has 102 valence electrons. The molecule has 0 aromatic carbocycles. The maximum Gasteiger partial charge on any atom is 0.326 e. The molecule has 1 fully saturated rings. The van der Waals surface area contributed by atoms with Gasteiger partial charge in [0.2, 0.25) is 5.91 Å². The first-order valence-corrected chi connectivity index (χ1v) is 5.78. The third-order valence-electron chi connectivity index (χ3n) is 2.97. The average Bonchev–Trinajstić information content (AvgIpc) is 2.69. The van der Waals surface area contributed by atoms with E-state index < -0.39 is 23.9 Å². The van der Waals surface area contributed by atoms with Gasteiger partial charge in [-0.05, 0) is 19.8 Å². The topological polar surface area (TPSA) is 113 Å². The molecule has 0 spiro atoms. The summed E-state index contributed by atoms with van der Waals surface area (Å²) >= 11 is 0. The lowest BCUT2D eigenvalue weighted by molar-refractivity contribution is -0.144. The van der Waals surface area contributed by atoms with Crippen molar-refractivity contribution in [2.75, 3.05) is 6.61 Å². The van der Waals surface area contributed by atoms with E-state index in [4.69, 9.17) is 14.9 Å². The molecule has 0 aromatic rings. The van der Waals surface area contributed by atoms with Crippen molar-refractivity contribution < 1.29 is 29.3 Å². The number of carboxylic acids is 2. The highest BCUT2D eigenvalue weighted by Gasteiger charge is 2.33. The second-order valence-corrected chi connectivity index (χ2v) is 4.30. The lowest BCUT2D eigenvalue weighted by Gasteiger charge is -2.18. The summed E-state index contributed by atoms with van der Waals surface area (Å²) < 4.78 is 5.22. The van der Waals surface area contributed by atoms with E-state index in [1.54, 1.807) is 6.92 Å². The molecule has 0 aliphatic carbocycles. The fraction of sp³-hybridized carbons (Fsp3) is 0.727. The number of rotatable bonds is 6. The highest BCUT2D eigenvalue weighted by molar-refractivity contribution is 5.85. The number of hydrogen-bond donors (Lipinski definition) is 3. The third-order valence-corrected chi connectivity index (χ3v) is 2.97. The Morgan fingerprint density at radius 3 is 2.50 bits per heavy atom. The minimum Gasteiger partial charge on any atom is -0.481 e. The van der Waals surface area contributed by atoms with Crippen molar-refractivity contribution in [2.24, 2.45) is 5.92 Å². The van der Waals surface area contributed by atoms with Crippen LogP contribution in [0.25, 0.3) is 0 Å². The Labute approximate surface area is 104 Å². The van der Waals surface area contributed by atoms with Crippen LogP contribution in [0.15, 0.2) is 0 Å². The molecule has 3 unspecified atom stereocenters. The summed E-state index contributed by atoms with van der Waals surface area (Å²) in [6.45, 7) is 2.23. The molecule has 1 aliphatic rings. The number of nitrogens with one attached hydrogen (secondary N) is 1. The van der Waals surface area contributed by atoms with Crippen LogP contribution < -0.4 is 5.32 Å². The first-order chi connectivity index (χ1) is 8.41. The summed E-state index contributed by atoms with van der Waals surface area (Å²) in [4.78, 5) is 33.1. The fourth-order valence-electron chi connectivity index (χ4n) is 1.88. The average molecular weight is 259 g/mol. The number of carbonyl (C=O) groups is 3. The van der Waals surface area contributed by atoms with Crippen molar-refractivity contribution in [2.45, 2.75) is 38.3 Å². The monoisotopic (exact) mass is 259 g/mol. The van der Waals surface area contributed by atoms with E-state index in [2.05, 4.69) is 5.32 Å². The quantitative estimate of drug-likeness (QED) is 0.611. The van der Waals surface area contributed by atoms with Crippen LogP contribution >= 0.6 is 0 Å². The van der Waals surface area contributed by atoms with Crippen molar-refractivity contribution in [3.8, 4) is 0 Å². The Balaban J connectivity index is 2.52. The van der Waals surface area contributed by atoms with Crippen LogP contribution in [0, 0.1) is 5.92 Å². The SMILES string of the molecule is CC1OCCC1C(=O)NC(CCC(=O)O)C(=O)O. The molecule has 1 heterocycles. The van der Waals surface area contributed by atoms with E-state index in [-0.39, 0.29) is 24.9 Å². The Morgan fingerprint density at radius 1 is 1.39 bits per heavy atom. The van der Waals surface area contributed by atoms with Crippen LogP contribution in [-0.4, -0.2) is 46.8 Å². The maximum absolute atomic E-state index is 11.8. The van der Waals surface area contributed by atoms with Gasteiger partial charge in [0.1, 0.15) is 6.04 Å². The van der Waals surface area contributed by atoms with Crippen LogP contribution in [0.5, 0.6) is 0 Å². The van der Waals surface area contributed by atoms with Gasteiger partial charge in [0.05, 0.1) is 12.0 Å². The Bertz CT molecular complexity index is 342. The first-order valence-electron chi connectivity index (χ1n) is 5.78. The van der Waals surface area contributed by atoms with Gasteiger partial charge in [-0.1, -0.05) is 0 Å². The fourth-order valence-corrected chi connectivity index (χ4v) is 1.88. The summed E-state index contributed by atoms with van der Waals surface area (Å²) in [6.07, 6.45) is -0.108. The van der Waals surface area contributed by atoms with Gasteiger partial charge in [0, 0.05) is 13.0 Å². The van der Waals surface area contributed by atoms with E-state index in [1.165, 1.54) is 0 Å². The lowest BCUT2D eigenvalue weighted by Crippen LogP contribution is -2.45. The van der Waals surface area contributed by atoms with Gasteiger partial charge >= 0.3 is 11.9 Å². The smallest absolute Gasteiger partial charge is 0.326 e. The molecular weight excluding hydrogens is 242 g/mol. The van der Waals surface area contributed by atoms with Crippen LogP contribution in [0.1, 0.15) is 26.2 Å². The molecule has 1 aliphatic heterocycles. The maximum atomic E-state index is 11.8. The van der Waals surface area contributed by atoms with E-state index >= 15 is 0 Å². The van der Waals surface area contributed by atoms with E-state index in [1.807, 2.05) is 0 Å². The standard InChI is InChI=1S/C11H17NO6/c1-6-7(4-5-18-6)10(15)12-8(11(16)17)2-3-9(13)14/h6-8H,2-5H2,1H3,(H,12,15)(H,13,14)(H,16,17). The molecule has 1 amide bonds. The Morgan fingerprint density at radius 2 is 2.06 bits per heavy atom. The highest BCUT2D eigenvalue weighted by atomic mass is 16.5. The van der Waals surface area contributed by atoms with Gasteiger partial charge < -0.3 is 20.3 Å². The van der Waals surface area contributed by atoms with Crippen LogP contribution in [0.2, 0.25) is 0 Å². The molecule has 3 N–H and O–H groups in total. The van der Waals surface area contributed by atoms with E-state index in [9.17, 15) is 14.4 Å². The highest BCUT2D eigenvalue weighted by Crippen LogP contribution is 2.20. The van der Waals surface area contributed by atoms with Crippen molar-refractivity contribution in [3.05, 3.63) is 0 Å². The number of carbonyl (C=O) groups excluding carboxylic acids is 1. The molecular formula is C11H17NO6. The van der Waals surface area contributed by atoms with Crippen molar-refractivity contribution >= 4 is 17.8 Å². The minimum absolute atomic E-state index is 0.127. The molecule has 18 heavy (non-hydrogen) atoms. The van der Waals surface area contributed by atoms with E-state index in [0.717, 1.165) is 0 Å². The first kappa shape index (κ1) is 14.4. The molecule has 1 saturated heterocycles. The molecule has 7 heteroatoms. The molecule has 0 bridgehead atoms. The normalized spacial score (nSPS) is 24.5. The van der Waals surface area contributed by atoms with Gasteiger partial charge in [0.15, 0.2) is 0 Å². The molecule has 0 saturated carbocycles. The number of hydrogen-bond acceptors (Lipinski definition) is 4. The summed E-state index contributed by atoms with van der Waals surface area (Å²) in [7, 11) is 0. The summed E-state index contributed by atoms with van der Waals surface area (Å²) in [6, 6.07) is -1.17. The zero-order valence-corrected chi connectivity index (χ0v) is 10.1. The van der Waals surface area contributed by atoms with Crippen molar-refractivity contribution in [1.82, 2.24) is 5.32 Å². The number of amides is 1. The molecule has 0 radical (unpaired) electrons. The number of ether oxygens (including phenoxy) is 1. The summed E-state index contributed by atoms with van der Waals surface area (Å²) in [5.41, 5.74) is 0. The van der Waals surface area contributed by atoms with Crippen molar-refractivity contribution in [1.29, 1.82) is 0 Å². The minimum atomic E-state index is -1.23. The van der Waals surface area contributed by atoms with Crippen LogP contribution in [0.3, 0.4) is 0 Å². The second kappa shape index (κ2) is 6.34. The molecule has 1 rings (SSSR count). The molecule has 0 aromatic heterocycles. The summed E-state index contributed by atoms with van der Waals surface area (Å²) in [5.74, 6) is -3.07. The zero-order valence-electron chi connectivity index (χ0n) is 10.1. The predicted octanol–water partition coefficient (Wildman–Crippen LogP) is -0.154.